The molecular formula is C33H41FN6O3. The van der Waals surface area contributed by atoms with Gasteiger partial charge in [-0.15, -0.1) is 0 Å². The minimum absolute atomic E-state index is 0.0106. The Morgan fingerprint density at radius 3 is 2.63 bits per heavy atom. The average Bonchev–Trinajstić information content (AvgIpc) is 3.62. The van der Waals surface area contributed by atoms with Crippen molar-refractivity contribution in [1.29, 1.82) is 0 Å². The Bertz CT molecular complexity index is 1460. The lowest BCUT2D eigenvalue weighted by molar-refractivity contribution is -0.126. The molecule has 2 aliphatic heterocycles. The molecule has 3 heterocycles. The van der Waals surface area contributed by atoms with Crippen LogP contribution in [0.2, 0.25) is 0 Å². The van der Waals surface area contributed by atoms with Crippen molar-refractivity contribution < 1.29 is 18.8 Å². The average molecular weight is 589 g/mol. The number of carbonyl (C=O) groups is 3. The summed E-state index contributed by atoms with van der Waals surface area (Å²) in [4.78, 5) is 43.8. The van der Waals surface area contributed by atoms with E-state index >= 15 is 0 Å². The monoisotopic (exact) mass is 588 g/mol. The highest BCUT2D eigenvalue weighted by atomic mass is 19.1. The van der Waals surface area contributed by atoms with Crippen molar-refractivity contribution in [2.75, 3.05) is 26.2 Å². The summed E-state index contributed by atoms with van der Waals surface area (Å²) in [5, 5.41) is 10.9. The second-order valence-electron chi connectivity index (χ2n) is 12.0. The topological polar surface area (TPSA) is 99.6 Å². The number of halogens is 1. The highest BCUT2D eigenvalue weighted by Crippen LogP contribution is 2.24. The molecule has 0 radical (unpaired) electrons. The quantitative estimate of drug-likeness (QED) is 0.485. The number of aryl methyl sites for hydroxylation is 2. The number of amides is 3. The fraction of sp³-hybridized carbons (Fsp3) is 0.455. The van der Waals surface area contributed by atoms with Crippen LogP contribution in [0.15, 0.2) is 54.7 Å². The van der Waals surface area contributed by atoms with Crippen LogP contribution in [0.1, 0.15) is 60.3 Å². The van der Waals surface area contributed by atoms with Crippen LogP contribution in [0.5, 0.6) is 0 Å². The van der Waals surface area contributed by atoms with Gasteiger partial charge < -0.3 is 15.5 Å². The van der Waals surface area contributed by atoms with Crippen LogP contribution >= 0.6 is 0 Å². The van der Waals surface area contributed by atoms with Gasteiger partial charge in [-0.05, 0) is 68.4 Å². The number of benzene rings is 2. The number of nitrogens with one attached hydrogen (secondary N) is 2. The zero-order valence-electron chi connectivity index (χ0n) is 25.2. The Morgan fingerprint density at radius 1 is 1.07 bits per heavy atom. The Hall–Kier alpha value is -4.05. The summed E-state index contributed by atoms with van der Waals surface area (Å²) in [5.74, 6) is -1.34. The predicted octanol–water partition coefficient (Wildman–Crippen LogP) is 3.63. The van der Waals surface area contributed by atoms with Crippen LogP contribution in [0.3, 0.4) is 0 Å². The van der Waals surface area contributed by atoms with Gasteiger partial charge in [-0.25, -0.2) is 9.07 Å². The second-order valence-corrected chi connectivity index (χ2v) is 12.0. The van der Waals surface area contributed by atoms with Gasteiger partial charge in [0, 0.05) is 44.0 Å². The minimum atomic E-state index is -0.671. The molecule has 2 aromatic carbocycles. The van der Waals surface area contributed by atoms with Crippen LogP contribution in [0.4, 0.5) is 4.39 Å². The number of hydrogen-bond acceptors (Lipinski definition) is 5. The molecule has 2 N–H and O–H groups in total. The molecule has 1 fully saturated rings. The number of aromatic nitrogens is 2. The van der Waals surface area contributed by atoms with Crippen molar-refractivity contribution in [3.63, 3.8) is 0 Å². The van der Waals surface area contributed by atoms with Gasteiger partial charge in [-0.3, -0.25) is 19.3 Å². The Balaban J connectivity index is 1.41. The number of hydrogen-bond donors (Lipinski definition) is 2. The standard InChI is InChI=1S/C33H41FN6O3/c1-22(2)29-20-38(18-25-19-40(37-23(25)3)26-10-5-4-6-11-26)21-31(41)35-15-7-9-24-13-14-28(34)27(17-24)33(43)39-16-8-12-30(39)32(42)36-29/h4-6,10-11,13-14,17,19,22,29-30H,7-9,12,15-16,18,20-21H2,1-3H3,(H,35,41)(H,36,42)/t29-,30-/m0/s1. The van der Waals surface area contributed by atoms with E-state index in [1.807, 2.05) is 66.9 Å². The number of rotatable bonds is 4. The second kappa shape index (κ2) is 13.5. The Morgan fingerprint density at radius 2 is 1.86 bits per heavy atom. The van der Waals surface area contributed by atoms with Crippen LogP contribution < -0.4 is 10.6 Å². The fourth-order valence-electron chi connectivity index (χ4n) is 5.88. The van der Waals surface area contributed by atoms with Crippen molar-refractivity contribution in [1.82, 2.24) is 30.2 Å². The Labute approximate surface area is 252 Å². The van der Waals surface area contributed by atoms with Crippen LogP contribution in [0.25, 0.3) is 5.69 Å². The van der Waals surface area contributed by atoms with E-state index in [9.17, 15) is 18.8 Å². The number of nitrogens with zero attached hydrogens (tertiary/aromatic N) is 4. The smallest absolute Gasteiger partial charge is 0.257 e. The molecular weight excluding hydrogens is 547 g/mol. The predicted molar refractivity (Wildman–Crippen MR) is 162 cm³/mol. The molecule has 0 aliphatic carbocycles. The third-order valence-electron chi connectivity index (χ3n) is 8.41. The maximum absolute atomic E-state index is 14.8. The van der Waals surface area contributed by atoms with E-state index in [1.165, 1.54) is 11.0 Å². The van der Waals surface area contributed by atoms with Gasteiger partial charge in [-0.2, -0.15) is 5.10 Å². The molecule has 0 unspecified atom stereocenters. The molecule has 3 amide bonds. The SMILES string of the molecule is Cc1nn(-c2ccccc2)cc1CN1CC(=O)NCCCc2ccc(F)c(c2)C(=O)N2CCC[C@H]2C(=O)N[C@H](C(C)C)C1. The van der Waals surface area contributed by atoms with Gasteiger partial charge in [0.25, 0.3) is 5.91 Å². The molecule has 9 nitrogen and oxygen atoms in total. The highest BCUT2D eigenvalue weighted by Gasteiger charge is 2.37. The minimum Gasteiger partial charge on any atom is -0.355 e. The molecule has 1 aromatic heterocycles. The molecule has 2 atom stereocenters. The molecule has 1 saturated heterocycles. The normalized spacial score (nSPS) is 21.0. The molecule has 2 bridgehead atoms. The number of carbonyl (C=O) groups excluding carboxylic acids is 3. The van der Waals surface area contributed by atoms with Crippen molar-refractivity contribution in [3.05, 3.63) is 82.9 Å². The lowest BCUT2D eigenvalue weighted by Gasteiger charge is -2.32. The molecule has 43 heavy (non-hydrogen) atoms. The van der Waals surface area contributed by atoms with E-state index in [0.717, 1.165) is 22.5 Å². The van der Waals surface area contributed by atoms with Crippen molar-refractivity contribution in [2.24, 2.45) is 5.92 Å². The summed E-state index contributed by atoms with van der Waals surface area (Å²) in [5.41, 5.74) is 3.61. The molecule has 3 aromatic rings. The maximum Gasteiger partial charge on any atom is 0.257 e. The van der Waals surface area contributed by atoms with Gasteiger partial charge in [0.05, 0.1) is 23.5 Å². The molecule has 228 valence electrons. The molecule has 0 spiro atoms. The number of para-hydroxylation sites is 1. The third kappa shape index (κ3) is 7.30. The van der Waals surface area contributed by atoms with Crippen LogP contribution in [0, 0.1) is 18.7 Å². The first kappa shape index (κ1) is 30.4. The molecule has 5 rings (SSSR count). The van der Waals surface area contributed by atoms with Gasteiger partial charge in [0.1, 0.15) is 11.9 Å². The van der Waals surface area contributed by atoms with E-state index in [-0.39, 0.29) is 35.9 Å². The van der Waals surface area contributed by atoms with E-state index in [1.54, 1.807) is 12.1 Å². The first-order valence-electron chi connectivity index (χ1n) is 15.2. The van der Waals surface area contributed by atoms with E-state index in [0.29, 0.717) is 51.9 Å². The molecule has 10 heteroatoms. The van der Waals surface area contributed by atoms with Gasteiger partial charge in [-0.1, -0.05) is 38.1 Å². The van der Waals surface area contributed by atoms with Gasteiger partial charge in [0.2, 0.25) is 11.8 Å². The third-order valence-corrected chi connectivity index (χ3v) is 8.41. The fourth-order valence-corrected chi connectivity index (χ4v) is 5.88. The first-order chi connectivity index (χ1) is 20.7. The summed E-state index contributed by atoms with van der Waals surface area (Å²) < 4.78 is 16.6. The van der Waals surface area contributed by atoms with E-state index in [4.69, 9.17) is 5.10 Å². The zero-order chi connectivity index (χ0) is 30.5. The lowest BCUT2D eigenvalue weighted by Crippen LogP contribution is -2.53. The summed E-state index contributed by atoms with van der Waals surface area (Å²) in [6.07, 6.45) is 4.42. The maximum atomic E-state index is 14.8. The first-order valence-corrected chi connectivity index (χ1v) is 15.2. The molecule has 2 aliphatic rings. The largest absolute Gasteiger partial charge is 0.355 e. The van der Waals surface area contributed by atoms with E-state index < -0.39 is 17.8 Å². The van der Waals surface area contributed by atoms with E-state index in [2.05, 4.69) is 10.6 Å². The lowest BCUT2D eigenvalue weighted by atomic mass is 10.0. The summed E-state index contributed by atoms with van der Waals surface area (Å²) in [6, 6.07) is 13.5. The molecule has 0 saturated carbocycles. The van der Waals surface area contributed by atoms with Crippen molar-refractivity contribution in [3.8, 4) is 5.69 Å². The van der Waals surface area contributed by atoms with Crippen molar-refractivity contribution in [2.45, 2.75) is 65.1 Å². The van der Waals surface area contributed by atoms with Crippen LogP contribution in [-0.2, 0) is 22.6 Å². The van der Waals surface area contributed by atoms with Gasteiger partial charge >= 0.3 is 0 Å². The van der Waals surface area contributed by atoms with Crippen molar-refractivity contribution >= 4 is 17.7 Å². The summed E-state index contributed by atoms with van der Waals surface area (Å²) >= 11 is 0. The summed E-state index contributed by atoms with van der Waals surface area (Å²) in [7, 11) is 0. The van der Waals surface area contributed by atoms with Gasteiger partial charge in [0.15, 0.2) is 0 Å². The Kier molecular flexibility index (Phi) is 9.55. The van der Waals surface area contributed by atoms with Crippen LogP contribution in [-0.4, -0.2) is 75.6 Å². The number of fused-ring (bicyclic) bond motifs is 3. The summed E-state index contributed by atoms with van der Waals surface area (Å²) in [6.45, 7) is 7.95. The highest BCUT2D eigenvalue weighted by molar-refractivity contribution is 5.98. The zero-order valence-corrected chi connectivity index (χ0v) is 25.2.